The van der Waals surface area contributed by atoms with Crippen molar-refractivity contribution in [1.29, 1.82) is 0 Å². The highest BCUT2D eigenvalue weighted by Crippen LogP contribution is 2.26. The van der Waals surface area contributed by atoms with Crippen LogP contribution in [0, 0.1) is 11.8 Å². The first kappa shape index (κ1) is 19.3. The standard InChI is InChI=1S/C28H18N4/c1-4-14-29-25(7-1)23-17-22(18-24(19-23)26-8-2-5-15-30-26)11-10-21-12-13-28(32-20-21)27-9-3-6-16-31-27/h1-9,12-20H. The van der Waals surface area contributed by atoms with Gasteiger partial charge in [-0.2, -0.15) is 0 Å². The maximum absolute atomic E-state index is 4.51. The fourth-order valence-electron chi connectivity index (χ4n) is 3.34. The largest absolute Gasteiger partial charge is 0.256 e. The maximum Gasteiger partial charge on any atom is 0.0887 e. The molecule has 0 saturated carbocycles. The van der Waals surface area contributed by atoms with Crippen molar-refractivity contribution in [3.8, 4) is 45.7 Å². The maximum atomic E-state index is 4.51. The van der Waals surface area contributed by atoms with E-state index in [9.17, 15) is 0 Å². The molecule has 4 heterocycles. The Kier molecular flexibility index (Phi) is 5.46. The van der Waals surface area contributed by atoms with Gasteiger partial charge in [-0.05, 0) is 66.7 Å². The van der Waals surface area contributed by atoms with E-state index >= 15 is 0 Å². The third-order valence-electron chi connectivity index (χ3n) is 4.90. The first-order valence-electron chi connectivity index (χ1n) is 10.2. The minimum atomic E-state index is 0.825. The lowest BCUT2D eigenvalue weighted by atomic mass is 10.0. The molecule has 4 aromatic heterocycles. The molecular weight excluding hydrogens is 392 g/mol. The minimum absolute atomic E-state index is 0.825. The normalized spacial score (nSPS) is 10.2. The van der Waals surface area contributed by atoms with Gasteiger partial charge in [0, 0.05) is 47.0 Å². The van der Waals surface area contributed by atoms with Crippen LogP contribution in [0.1, 0.15) is 11.1 Å². The molecule has 0 radical (unpaired) electrons. The van der Waals surface area contributed by atoms with Crippen molar-refractivity contribution in [2.45, 2.75) is 0 Å². The number of nitrogens with zero attached hydrogens (tertiary/aromatic N) is 4. The van der Waals surface area contributed by atoms with Crippen LogP contribution < -0.4 is 0 Å². The second-order valence-corrected chi connectivity index (χ2v) is 7.13. The summed E-state index contributed by atoms with van der Waals surface area (Å²) in [6.45, 7) is 0. The summed E-state index contributed by atoms with van der Waals surface area (Å²) in [7, 11) is 0. The van der Waals surface area contributed by atoms with Crippen molar-refractivity contribution in [2.75, 3.05) is 0 Å². The van der Waals surface area contributed by atoms with Crippen molar-refractivity contribution in [2.24, 2.45) is 0 Å². The number of benzene rings is 1. The van der Waals surface area contributed by atoms with Gasteiger partial charge in [-0.3, -0.25) is 19.9 Å². The lowest BCUT2D eigenvalue weighted by molar-refractivity contribution is 1.24. The predicted octanol–water partition coefficient (Wildman–Crippen LogP) is 5.67. The summed E-state index contributed by atoms with van der Waals surface area (Å²) < 4.78 is 0. The van der Waals surface area contributed by atoms with Crippen molar-refractivity contribution in [1.82, 2.24) is 19.9 Å². The lowest BCUT2D eigenvalue weighted by Crippen LogP contribution is -1.89. The molecule has 0 unspecified atom stereocenters. The Labute approximate surface area is 186 Å². The van der Waals surface area contributed by atoms with Gasteiger partial charge < -0.3 is 0 Å². The smallest absolute Gasteiger partial charge is 0.0887 e. The number of pyridine rings is 4. The SMILES string of the molecule is C(#Cc1cc(-c2ccccn2)cc(-c2ccccn2)c1)c1ccc(-c2ccccn2)nc1. The van der Waals surface area contributed by atoms with Gasteiger partial charge in [0.15, 0.2) is 0 Å². The second kappa shape index (κ2) is 9.03. The summed E-state index contributed by atoms with van der Waals surface area (Å²) in [5, 5.41) is 0. The highest BCUT2D eigenvalue weighted by atomic mass is 14.8. The molecule has 0 N–H and O–H groups in total. The fourth-order valence-corrected chi connectivity index (χ4v) is 3.34. The first-order chi connectivity index (χ1) is 15.8. The lowest BCUT2D eigenvalue weighted by Gasteiger charge is -2.07. The van der Waals surface area contributed by atoms with Crippen molar-refractivity contribution >= 4 is 0 Å². The molecule has 5 rings (SSSR count). The molecule has 0 bridgehead atoms. The number of hydrogen-bond donors (Lipinski definition) is 0. The zero-order chi connectivity index (χ0) is 21.6. The molecule has 0 saturated heterocycles. The van der Waals surface area contributed by atoms with Gasteiger partial charge in [0.2, 0.25) is 0 Å². The van der Waals surface area contributed by atoms with Crippen LogP contribution in [-0.2, 0) is 0 Å². The Bertz CT molecular complexity index is 1330. The highest BCUT2D eigenvalue weighted by Gasteiger charge is 2.06. The van der Waals surface area contributed by atoms with E-state index < -0.39 is 0 Å². The Morgan fingerprint density at radius 2 is 0.969 bits per heavy atom. The van der Waals surface area contributed by atoms with Crippen LogP contribution in [0.2, 0.25) is 0 Å². The summed E-state index contributed by atoms with van der Waals surface area (Å²) in [6, 6.07) is 27.7. The van der Waals surface area contributed by atoms with Gasteiger partial charge in [-0.25, -0.2) is 0 Å². The zero-order valence-corrected chi connectivity index (χ0v) is 17.2. The fraction of sp³-hybridized carbons (Fsp3) is 0. The number of aromatic nitrogens is 4. The van der Waals surface area contributed by atoms with Gasteiger partial charge in [-0.15, -0.1) is 0 Å². The van der Waals surface area contributed by atoms with Crippen molar-refractivity contribution < 1.29 is 0 Å². The molecular formula is C28H18N4. The van der Waals surface area contributed by atoms with Crippen molar-refractivity contribution in [3.05, 3.63) is 121 Å². The summed E-state index contributed by atoms with van der Waals surface area (Å²) >= 11 is 0. The van der Waals surface area contributed by atoms with Crippen LogP contribution in [-0.4, -0.2) is 19.9 Å². The Morgan fingerprint density at radius 1 is 0.438 bits per heavy atom. The monoisotopic (exact) mass is 410 g/mol. The summed E-state index contributed by atoms with van der Waals surface area (Å²) in [5.74, 6) is 6.50. The summed E-state index contributed by atoms with van der Waals surface area (Å²) in [5.41, 5.74) is 7.20. The van der Waals surface area contributed by atoms with Crippen LogP contribution in [0.5, 0.6) is 0 Å². The molecule has 32 heavy (non-hydrogen) atoms. The van der Waals surface area contributed by atoms with E-state index in [4.69, 9.17) is 0 Å². The van der Waals surface area contributed by atoms with Crippen LogP contribution in [0.4, 0.5) is 0 Å². The molecule has 4 heteroatoms. The molecule has 0 spiro atoms. The van der Waals surface area contributed by atoms with Crippen LogP contribution in [0.15, 0.2) is 110 Å². The molecule has 0 aliphatic rings. The Morgan fingerprint density at radius 3 is 1.47 bits per heavy atom. The molecule has 0 atom stereocenters. The van der Waals surface area contributed by atoms with Gasteiger partial charge in [0.05, 0.1) is 22.8 Å². The highest BCUT2D eigenvalue weighted by molar-refractivity contribution is 5.72. The molecule has 150 valence electrons. The van der Waals surface area contributed by atoms with Gasteiger partial charge in [0.1, 0.15) is 0 Å². The van der Waals surface area contributed by atoms with E-state index in [-0.39, 0.29) is 0 Å². The number of rotatable bonds is 3. The molecule has 0 aliphatic carbocycles. The first-order valence-corrected chi connectivity index (χ1v) is 10.2. The Balaban J connectivity index is 1.50. The molecule has 5 aromatic rings. The summed E-state index contributed by atoms with van der Waals surface area (Å²) in [6.07, 6.45) is 7.13. The molecule has 4 nitrogen and oxygen atoms in total. The van der Waals surface area contributed by atoms with E-state index in [1.165, 1.54) is 0 Å². The minimum Gasteiger partial charge on any atom is -0.256 e. The van der Waals surface area contributed by atoms with Crippen LogP contribution >= 0.6 is 0 Å². The van der Waals surface area contributed by atoms with Crippen LogP contribution in [0.25, 0.3) is 33.9 Å². The van der Waals surface area contributed by atoms with E-state index in [1.807, 2.05) is 66.7 Å². The zero-order valence-electron chi connectivity index (χ0n) is 17.2. The van der Waals surface area contributed by atoms with E-state index in [2.05, 4.69) is 50.0 Å². The third-order valence-corrected chi connectivity index (χ3v) is 4.90. The van der Waals surface area contributed by atoms with Crippen molar-refractivity contribution in [3.63, 3.8) is 0 Å². The quantitative estimate of drug-likeness (QED) is 0.360. The van der Waals surface area contributed by atoms with E-state index in [1.54, 1.807) is 24.8 Å². The molecule has 0 aliphatic heterocycles. The average molecular weight is 410 g/mol. The molecule has 1 aromatic carbocycles. The van der Waals surface area contributed by atoms with E-state index in [0.717, 1.165) is 45.0 Å². The van der Waals surface area contributed by atoms with Gasteiger partial charge in [-0.1, -0.05) is 30.0 Å². The third kappa shape index (κ3) is 4.43. The summed E-state index contributed by atoms with van der Waals surface area (Å²) in [4.78, 5) is 17.8. The van der Waals surface area contributed by atoms with Crippen LogP contribution in [0.3, 0.4) is 0 Å². The molecule has 0 amide bonds. The van der Waals surface area contributed by atoms with Gasteiger partial charge >= 0.3 is 0 Å². The Hall–Kier alpha value is -4.62. The average Bonchev–Trinajstić information content (AvgIpc) is 2.89. The number of hydrogen-bond acceptors (Lipinski definition) is 4. The second-order valence-electron chi connectivity index (χ2n) is 7.13. The predicted molar refractivity (Wildman–Crippen MR) is 126 cm³/mol. The van der Waals surface area contributed by atoms with E-state index in [0.29, 0.717) is 0 Å². The van der Waals surface area contributed by atoms with Gasteiger partial charge in [0.25, 0.3) is 0 Å². The topological polar surface area (TPSA) is 51.6 Å². The molecule has 0 fully saturated rings.